The van der Waals surface area contributed by atoms with E-state index >= 15 is 0 Å². The van der Waals surface area contributed by atoms with Gasteiger partial charge in [-0.2, -0.15) is 5.10 Å². The molecule has 0 aliphatic rings. The summed E-state index contributed by atoms with van der Waals surface area (Å²) in [5.74, 6) is 1.48. The number of nitrogens with one attached hydrogen (secondary N) is 1. The van der Waals surface area contributed by atoms with Gasteiger partial charge in [-0.05, 0) is 13.8 Å². The first-order chi connectivity index (χ1) is 7.72. The number of H-pyrrole nitrogens is 1. The second-order valence-electron chi connectivity index (χ2n) is 3.61. The third-order valence-corrected chi connectivity index (χ3v) is 2.37. The Morgan fingerprint density at radius 2 is 2.25 bits per heavy atom. The molecule has 0 unspecified atom stereocenters. The maximum absolute atomic E-state index is 5.05. The smallest absolute Gasteiger partial charge is 0.199 e. The van der Waals surface area contributed by atoms with Crippen LogP contribution in [0.1, 0.15) is 11.5 Å². The van der Waals surface area contributed by atoms with Crippen LogP contribution in [0.25, 0.3) is 11.5 Å². The van der Waals surface area contributed by atoms with E-state index in [1.165, 1.54) is 0 Å². The molecule has 0 aromatic carbocycles. The second-order valence-corrected chi connectivity index (χ2v) is 3.61. The molecule has 2 aromatic heterocycles. The van der Waals surface area contributed by atoms with Crippen LogP contribution in [0.15, 0.2) is 6.33 Å². The van der Waals surface area contributed by atoms with Crippen molar-refractivity contribution in [3.8, 4) is 11.5 Å². The second kappa shape index (κ2) is 4.44. The first-order valence-electron chi connectivity index (χ1n) is 5.12. The van der Waals surface area contributed by atoms with Crippen molar-refractivity contribution in [3.63, 3.8) is 0 Å². The Morgan fingerprint density at radius 1 is 1.44 bits per heavy atom. The normalized spacial score (nSPS) is 10.9. The molecule has 0 atom stereocenters. The van der Waals surface area contributed by atoms with E-state index in [-0.39, 0.29) is 0 Å². The van der Waals surface area contributed by atoms with E-state index < -0.39 is 0 Å². The predicted molar refractivity (Wildman–Crippen MR) is 59.0 cm³/mol. The van der Waals surface area contributed by atoms with E-state index in [1.54, 1.807) is 13.4 Å². The molecule has 0 radical (unpaired) electrons. The monoisotopic (exact) mass is 221 g/mol. The molecule has 0 fully saturated rings. The van der Waals surface area contributed by atoms with E-state index in [4.69, 9.17) is 4.74 Å². The molecule has 0 aliphatic heterocycles. The van der Waals surface area contributed by atoms with Crippen LogP contribution in [-0.2, 0) is 11.3 Å². The van der Waals surface area contributed by atoms with Crippen LogP contribution in [0, 0.1) is 13.8 Å². The average molecular weight is 221 g/mol. The highest BCUT2D eigenvalue weighted by Crippen LogP contribution is 2.18. The quantitative estimate of drug-likeness (QED) is 0.834. The fraction of sp³-hybridized carbons (Fsp3) is 0.500. The maximum Gasteiger partial charge on any atom is 0.199 e. The van der Waals surface area contributed by atoms with Crippen LogP contribution in [-0.4, -0.2) is 38.4 Å². The Kier molecular flexibility index (Phi) is 3.00. The zero-order chi connectivity index (χ0) is 11.5. The number of methoxy groups -OCH3 is 1. The zero-order valence-corrected chi connectivity index (χ0v) is 9.69. The first kappa shape index (κ1) is 10.8. The van der Waals surface area contributed by atoms with Gasteiger partial charge in [0.05, 0.1) is 18.6 Å². The van der Waals surface area contributed by atoms with Gasteiger partial charge >= 0.3 is 0 Å². The van der Waals surface area contributed by atoms with E-state index in [1.807, 2.05) is 18.4 Å². The van der Waals surface area contributed by atoms with Crippen LogP contribution >= 0.6 is 0 Å². The van der Waals surface area contributed by atoms with Gasteiger partial charge in [0.25, 0.3) is 0 Å². The summed E-state index contributed by atoms with van der Waals surface area (Å²) >= 11 is 0. The van der Waals surface area contributed by atoms with Crippen molar-refractivity contribution in [2.45, 2.75) is 20.4 Å². The minimum absolute atomic E-state index is 0.645. The van der Waals surface area contributed by atoms with Gasteiger partial charge in [-0.25, -0.2) is 9.97 Å². The Hall–Kier alpha value is -1.69. The molecule has 0 aliphatic carbocycles. The summed E-state index contributed by atoms with van der Waals surface area (Å²) in [4.78, 5) is 8.58. The third kappa shape index (κ3) is 1.96. The standard InChI is InChI=1S/C10H15N5O/c1-7-9(10-12-8(2)13-14-10)15(6-11-7)4-5-16-3/h6H,4-5H2,1-3H3,(H,12,13,14). The molecule has 1 N–H and O–H groups in total. The molecule has 6 heteroatoms. The van der Waals surface area contributed by atoms with Crippen LogP contribution in [0.3, 0.4) is 0 Å². The molecule has 0 saturated heterocycles. The molecule has 2 rings (SSSR count). The van der Waals surface area contributed by atoms with Gasteiger partial charge in [-0.15, -0.1) is 0 Å². The molecule has 0 bridgehead atoms. The fourth-order valence-electron chi connectivity index (χ4n) is 1.58. The summed E-state index contributed by atoms with van der Waals surface area (Å²) in [6.45, 7) is 5.22. The number of aromatic nitrogens is 5. The van der Waals surface area contributed by atoms with Crippen molar-refractivity contribution in [1.29, 1.82) is 0 Å². The third-order valence-electron chi connectivity index (χ3n) is 2.37. The van der Waals surface area contributed by atoms with Crippen LogP contribution in [0.4, 0.5) is 0 Å². The van der Waals surface area contributed by atoms with Crippen molar-refractivity contribution < 1.29 is 4.74 Å². The van der Waals surface area contributed by atoms with Crippen molar-refractivity contribution >= 4 is 0 Å². The Balaban J connectivity index is 2.35. The van der Waals surface area contributed by atoms with Gasteiger partial charge in [0, 0.05) is 13.7 Å². The Bertz CT molecular complexity index is 473. The van der Waals surface area contributed by atoms with Crippen molar-refractivity contribution in [2.24, 2.45) is 0 Å². The molecule has 6 nitrogen and oxygen atoms in total. The number of aryl methyl sites for hydroxylation is 2. The zero-order valence-electron chi connectivity index (χ0n) is 9.69. The Morgan fingerprint density at radius 3 is 2.88 bits per heavy atom. The molecule has 0 amide bonds. The van der Waals surface area contributed by atoms with Crippen molar-refractivity contribution in [3.05, 3.63) is 17.8 Å². The van der Waals surface area contributed by atoms with E-state index in [9.17, 15) is 0 Å². The number of imidazole rings is 1. The highest BCUT2D eigenvalue weighted by Gasteiger charge is 2.13. The summed E-state index contributed by atoms with van der Waals surface area (Å²) in [5.41, 5.74) is 1.87. The Labute approximate surface area is 93.7 Å². The van der Waals surface area contributed by atoms with Gasteiger partial charge in [-0.1, -0.05) is 0 Å². The number of aromatic amines is 1. The van der Waals surface area contributed by atoms with Crippen LogP contribution < -0.4 is 0 Å². The van der Waals surface area contributed by atoms with E-state index in [2.05, 4.69) is 20.2 Å². The molecule has 86 valence electrons. The predicted octanol–water partition coefficient (Wildman–Crippen LogP) is 0.931. The summed E-state index contributed by atoms with van der Waals surface area (Å²) < 4.78 is 7.06. The summed E-state index contributed by atoms with van der Waals surface area (Å²) in [6, 6.07) is 0. The molecule has 16 heavy (non-hydrogen) atoms. The van der Waals surface area contributed by atoms with Gasteiger partial charge in [0.2, 0.25) is 0 Å². The number of nitrogens with zero attached hydrogens (tertiary/aromatic N) is 4. The molecule has 2 aromatic rings. The van der Waals surface area contributed by atoms with E-state index in [0.29, 0.717) is 12.4 Å². The largest absolute Gasteiger partial charge is 0.383 e. The van der Waals surface area contributed by atoms with Crippen molar-refractivity contribution in [1.82, 2.24) is 24.7 Å². The number of hydrogen-bond acceptors (Lipinski definition) is 4. The summed E-state index contributed by atoms with van der Waals surface area (Å²) in [6.07, 6.45) is 1.79. The number of ether oxygens (including phenoxy) is 1. The molecule has 2 heterocycles. The van der Waals surface area contributed by atoms with Crippen LogP contribution in [0.2, 0.25) is 0 Å². The highest BCUT2D eigenvalue weighted by atomic mass is 16.5. The van der Waals surface area contributed by atoms with Gasteiger partial charge < -0.3 is 9.30 Å². The highest BCUT2D eigenvalue weighted by molar-refractivity contribution is 5.52. The lowest BCUT2D eigenvalue weighted by Crippen LogP contribution is -2.05. The number of rotatable bonds is 4. The average Bonchev–Trinajstić information content (AvgIpc) is 2.82. The van der Waals surface area contributed by atoms with E-state index in [0.717, 1.165) is 23.8 Å². The lowest BCUT2D eigenvalue weighted by Gasteiger charge is -2.05. The van der Waals surface area contributed by atoms with Gasteiger partial charge in [-0.3, -0.25) is 5.10 Å². The molecule has 0 saturated carbocycles. The maximum atomic E-state index is 5.05. The molecular formula is C10H15N5O. The van der Waals surface area contributed by atoms with Gasteiger partial charge in [0.15, 0.2) is 5.82 Å². The van der Waals surface area contributed by atoms with Gasteiger partial charge in [0.1, 0.15) is 11.5 Å². The fourth-order valence-corrected chi connectivity index (χ4v) is 1.58. The molecular weight excluding hydrogens is 206 g/mol. The van der Waals surface area contributed by atoms with Crippen LogP contribution in [0.5, 0.6) is 0 Å². The minimum Gasteiger partial charge on any atom is -0.383 e. The minimum atomic E-state index is 0.645. The lowest BCUT2D eigenvalue weighted by molar-refractivity contribution is 0.187. The SMILES string of the molecule is COCCn1cnc(C)c1-c1n[nH]c(C)n1. The molecule has 0 spiro atoms. The summed E-state index contributed by atoms with van der Waals surface area (Å²) in [5, 5.41) is 6.98. The first-order valence-corrected chi connectivity index (χ1v) is 5.12. The number of hydrogen-bond donors (Lipinski definition) is 1. The summed E-state index contributed by atoms with van der Waals surface area (Å²) in [7, 11) is 1.68. The lowest BCUT2D eigenvalue weighted by atomic mass is 10.3. The van der Waals surface area contributed by atoms with Crippen molar-refractivity contribution in [2.75, 3.05) is 13.7 Å². The topological polar surface area (TPSA) is 68.6 Å².